The quantitative estimate of drug-likeness (QED) is 0.744. The van der Waals surface area contributed by atoms with Crippen molar-refractivity contribution < 1.29 is 4.79 Å². The summed E-state index contributed by atoms with van der Waals surface area (Å²) >= 11 is 0. The molecule has 0 aromatic carbocycles. The van der Waals surface area contributed by atoms with Crippen molar-refractivity contribution >= 4 is 11.7 Å². The summed E-state index contributed by atoms with van der Waals surface area (Å²) in [5.41, 5.74) is 5.90. The van der Waals surface area contributed by atoms with Crippen LogP contribution in [-0.2, 0) is 0 Å². The molecule has 2 N–H and O–H groups in total. The van der Waals surface area contributed by atoms with E-state index in [-0.39, 0.29) is 23.2 Å². The lowest BCUT2D eigenvalue weighted by Gasteiger charge is -2.08. The molecule has 5 nitrogen and oxygen atoms in total. The van der Waals surface area contributed by atoms with Crippen LogP contribution in [0.3, 0.4) is 0 Å². The fourth-order valence-electron chi connectivity index (χ4n) is 1.97. The molecule has 78 valence electrons. The number of carbonyl (C=O) groups is 1. The van der Waals surface area contributed by atoms with Gasteiger partial charge in [0.05, 0.1) is 6.20 Å². The highest BCUT2D eigenvalue weighted by Crippen LogP contribution is 2.27. The molecule has 0 amide bonds. The first kappa shape index (κ1) is 9.71. The van der Waals surface area contributed by atoms with Crippen molar-refractivity contribution in [2.45, 2.75) is 25.7 Å². The molecule has 5 heteroatoms. The maximum absolute atomic E-state index is 11.9. The molecule has 0 bridgehead atoms. The fourth-order valence-corrected chi connectivity index (χ4v) is 1.97. The molecular formula is C10H12N4O. The molecule has 1 aromatic heterocycles. The maximum atomic E-state index is 11.9. The van der Waals surface area contributed by atoms with E-state index in [2.05, 4.69) is 5.10 Å². The summed E-state index contributed by atoms with van der Waals surface area (Å²) in [5, 5.41) is 12.5. The molecule has 0 aliphatic heterocycles. The van der Waals surface area contributed by atoms with Gasteiger partial charge in [0.15, 0.2) is 0 Å². The molecule has 1 heterocycles. The lowest BCUT2D eigenvalue weighted by atomic mass is 10.1. The van der Waals surface area contributed by atoms with Gasteiger partial charge in [-0.3, -0.25) is 4.79 Å². The average molecular weight is 204 g/mol. The smallest absolute Gasteiger partial charge is 0.251 e. The fraction of sp³-hybridized carbons (Fsp3) is 0.500. The zero-order valence-electron chi connectivity index (χ0n) is 8.31. The third-order valence-electron chi connectivity index (χ3n) is 2.84. The Morgan fingerprint density at radius 3 is 2.80 bits per heavy atom. The van der Waals surface area contributed by atoms with Gasteiger partial charge in [-0.25, -0.2) is 0 Å². The van der Waals surface area contributed by atoms with Crippen molar-refractivity contribution in [3.63, 3.8) is 0 Å². The number of aromatic nitrogens is 2. The van der Waals surface area contributed by atoms with Crippen LogP contribution < -0.4 is 5.73 Å². The zero-order chi connectivity index (χ0) is 10.8. The van der Waals surface area contributed by atoms with Crippen molar-refractivity contribution in [3.8, 4) is 6.07 Å². The number of nitrogen functional groups attached to an aromatic ring is 1. The number of anilines is 1. The summed E-state index contributed by atoms with van der Waals surface area (Å²) in [6.07, 6.45) is 5.31. The lowest BCUT2D eigenvalue weighted by molar-refractivity contribution is 0.0823. The molecule has 0 spiro atoms. The van der Waals surface area contributed by atoms with Gasteiger partial charge < -0.3 is 5.73 Å². The first-order valence-electron chi connectivity index (χ1n) is 5.02. The summed E-state index contributed by atoms with van der Waals surface area (Å²) < 4.78 is 1.16. The number of nitriles is 1. The lowest BCUT2D eigenvalue weighted by Crippen LogP contribution is -2.22. The second kappa shape index (κ2) is 3.73. The van der Waals surface area contributed by atoms with E-state index < -0.39 is 0 Å². The first-order valence-corrected chi connectivity index (χ1v) is 5.02. The maximum Gasteiger partial charge on any atom is 0.251 e. The van der Waals surface area contributed by atoms with E-state index in [4.69, 9.17) is 11.0 Å². The molecule has 1 saturated carbocycles. The van der Waals surface area contributed by atoms with Gasteiger partial charge in [-0.05, 0) is 12.8 Å². The van der Waals surface area contributed by atoms with Gasteiger partial charge in [0.1, 0.15) is 17.5 Å². The van der Waals surface area contributed by atoms with Gasteiger partial charge in [0.25, 0.3) is 5.91 Å². The summed E-state index contributed by atoms with van der Waals surface area (Å²) in [6.45, 7) is 0. The van der Waals surface area contributed by atoms with Gasteiger partial charge in [0, 0.05) is 5.92 Å². The Morgan fingerprint density at radius 2 is 2.27 bits per heavy atom. The van der Waals surface area contributed by atoms with E-state index in [9.17, 15) is 4.79 Å². The van der Waals surface area contributed by atoms with E-state index in [0.717, 1.165) is 30.4 Å². The first-order chi connectivity index (χ1) is 7.24. The highest BCUT2D eigenvalue weighted by molar-refractivity contribution is 5.84. The van der Waals surface area contributed by atoms with Crippen molar-refractivity contribution in [3.05, 3.63) is 11.8 Å². The molecule has 0 unspecified atom stereocenters. The summed E-state index contributed by atoms with van der Waals surface area (Å²) in [6, 6.07) is 1.90. The second-order valence-electron chi connectivity index (χ2n) is 3.79. The predicted molar refractivity (Wildman–Crippen MR) is 53.9 cm³/mol. The van der Waals surface area contributed by atoms with E-state index in [0.29, 0.717) is 0 Å². The van der Waals surface area contributed by atoms with Crippen LogP contribution >= 0.6 is 0 Å². The Hall–Kier alpha value is -1.83. The number of hydrogen-bond donors (Lipinski definition) is 1. The molecule has 1 aliphatic rings. The molecular weight excluding hydrogens is 192 g/mol. The Labute approximate surface area is 87.5 Å². The van der Waals surface area contributed by atoms with Gasteiger partial charge in [-0.2, -0.15) is 15.0 Å². The molecule has 0 atom stereocenters. The largest absolute Gasteiger partial charge is 0.382 e. The zero-order valence-corrected chi connectivity index (χ0v) is 8.31. The Morgan fingerprint density at radius 1 is 1.60 bits per heavy atom. The third-order valence-corrected chi connectivity index (χ3v) is 2.84. The minimum atomic E-state index is -0.0773. The standard InChI is InChI=1S/C10H12N4O/c11-5-8-6-13-14(9(8)12)10(15)7-3-1-2-4-7/h6-7H,1-4,12H2. The Kier molecular flexibility index (Phi) is 2.42. The second-order valence-corrected chi connectivity index (χ2v) is 3.79. The van der Waals surface area contributed by atoms with Gasteiger partial charge in [-0.15, -0.1) is 0 Å². The number of nitrogens with zero attached hydrogens (tertiary/aromatic N) is 3. The number of carbonyl (C=O) groups excluding carboxylic acids is 1. The van der Waals surface area contributed by atoms with Crippen LogP contribution in [0.4, 0.5) is 5.82 Å². The Balaban J connectivity index is 2.26. The number of hydrogen-bond acceptors (Lipinski definition) is 4. The number of rotatable bonds is 1. The molecule has 0 radical (unpaired) electrons. The van der Waals surface area contributed by atoms with Gasteiger partial charge >= 0.3 is 0 Å². The number of nitrogens with two attached hydrogens (primary N) is 1. The molecule has 0 saturated heterocycles. The average Bonchev–Trinajstić information content (AvgIpc) is 2.85. The normalized spacial score (nSPS) is 16.5. The minimum Gasteiger partial charge on any atom is -0.382 e. The van der Waals surface area contributed by atoms with E-state index in [1.165, 1.54) is 6.20 Å². The van der Waals surface area contributed by atoms with Crippen LogP contribution in [0.1, 0.15) is 36.0 Å². The van der Waals surface area contributed by atoms with Crippen LogP contribution in [0.25, 0.3) is 0 Å². The van der Waals surface area contributed by atoms with E-state index >= 15 is 0 Å². The van der Waals surface area contributed by atoms with Crippen molar-refractivity contribution in [2.24, 2.45) is 5.92 Å². The SMILES string of the molecule is N#Cc1cnn(C(=O)C2CCCC2)c1N. The van der Waals surface area contributed by atoms with Gasteiger partial charge in [0.2, 0.25) is 0 Å². The highest BCUT2D eigenvalue weighted by atomic mass is 16.2. The molecule has 1 aliphatic carbocycles. The summed E-state index contributed by atoms with van der Waals surface area (Å²) in [5.74, 6) is 0.111. The van der Waals surface area contributed by atoms with E-state index in [1.807, 2.05) is 6.07 Å². The van der Waals surface area contributed by atoms with E-state index in [1.54, 1.807) is 0 Å². The van der Waals surface area contributed by atoms with Crippen LogP contribution in [-0.4, -0.2) is 15.7 Å². The topological polar surface area (TPSA) is 84.7 Å². The minimum absolute atomic E-state index is 0.0266. The highest BCUT2D eigenvalue weighted by Gasteiger charge is 2.26. The monoisotopic (exact) mass is 204 g/mol. The van der Waals surface area contributed by atoms with Crippen molar-refractivity contribution in [1.82, 2.24) is 9.78 Å². The van der Waals surface area contributed by atoms with Gasteiger partial charge in [-0.1, -0.05) is 12.8 Å². The van der Waals surface area contributed by atoms with Crippen LogP contribution in [0.15, 0.2) is 6.20 Å². The van der Waals surface area contributed by atoms with Crippen molar-refractivity contribution in [2.75, 3.05) is 5.73 Å². The van der Waals surface area contributed by atoms with Crippen molar-refractivity contribution in [1.29, 1.82) is 5.26 Å². The molecule has 1 aromatic rings. The summed E-state index contributed by atoms with van der Waals surface area (Å²) in [7, 11) is 0. The van der Waals surface area contributed by atoms with Crippen LogP contribution in [0.2, 0.25) is 0 Å². The molecule has 2 rings (SSSR count). The van der Waals surface area contributed by atoms with Crippen LogP contribution in [0, 0.1) is 17.2 Å². The molecule has 15 heavy (non-hydrogen) atoms. The summed E-state index contributed by atoms with van der Waals surface area (Å²) in [4.78, 5) is 11.9. The van der Waals surface area contributed by atoms with Crippen LogP contribution in [0.5, 0.6) is 0 Å². The Bertz CT molecular complexity index is 423. The predicted octanol–water partition coefficient (Wildman–Crippen LogP) is 1.17. The molecule has 1 fully saturated rings. The third kappa shape index (κ3) is 1.59.